The van der Waals surface area contributed by atoms with Crippen LogP contribution in [0.1, 0.15) is 30.1 Å². The van der Waals surface area contributed by atoms with Gasteiger partial charge < -0.3 is 5.32 Å². The van der Waals surface area contributed by atoms with E-state index in [1.54, 1.807) is 11.3 Å². The third kappa shape index (κ3) is 2.24. The molecule has 0 unspecified atom stereocenters. The molecule has 2 atom stereocenters. The number of fused-ring (bicyclic) bond motifs is 4. The van der Waals surface area contributed by atoms with Crippen molar-refractivity contribution in [2.45, 2.75) is 31.8 Å². The van der Waals surface area contributed by atoms with E-state index in [2.05, 4.69) is 22.1 Å². The standard InChI is InChI=1S/C16H19N3OS/c1-10-15(11-4-6-19(10)7-5-11)18-16(20)12-2-3-14-13(8-12)17-9-21-14/h2-3,8-11,15H,4-7H2,1H3,(H,18,20)/t10-,15+/m1/s1. The second-order valence-corrected chi connectivity index (χ2v) is 7.03. The quantitative estimate of drug-likeness (QED) is 0.927. The number of nitrogens with zero attached hydrogens (tertiary/aromatic N) is 2. The highest BCUT2D eigenvalue weighted by molar-refractivity contribution is 7.16. The lowest BCUT2D eigenvalue weighted by Crippen LogP contribution is -2.62. The number of thiazole rings is 1. The average molecular weight is 301 g/mol. The molecule has 3 aliphatic rings. The van der Waals surface area contributed by atoms with Crippen molar-refractivity contribution in [3.63, 3.8) is 0 Å². The minimum absolute atomic E-state index is 0.0375. The Morgan fingerprint density at radius 3 is 2.95 bits per heavy atom. The summed E-state index contributed by atoms with van der Waals surface area (Å²) < 4.78 is 1.13. The number of piperidine rings is 3. The molecule has 0 radical (unpaired) electrons. The SMILES string of the molecule is C[C@@H]1[C@H](NC(=O)c2ccc3scnc3c2)C2CCN1CC2. The molecule has 5 rings (SSSR count). The second-order valence-electron chi connectivity index (χ2n) is 6.15. The Bertz CT molecular complexity index is 673. The first-order chi connectivity index (χ1) is 10.2. The smallest absolute Gasteiger partial charge is 0.251 e. The molecule has 2 aromatic rings. The summed E-state index contributed by atoms with van der Waals surface area (Å²) in [4.78, 5) is 19.3. The van der Waals surface area contributed by atoms with Crippen LogP contribution in [0.3, 0.4) is 0 Å². The highest BCUT2D eigenvalue weighted by Gasteiger charge is 2.40. The molecule has 4 heterocycles. The number of hydrogen-bond acceptors (Lipinski definition) is 4. The summed E-state index contributed by atoms with van der Waals surface area (Å²) in [6, 6.07) is 6.52. The van der Waals surface area contributed by atoms with E-state index in [1.165, 1.54) is 25.9 Å². The molecule has 110 valence electrons. The van der Waals surface area contributed by atoms with Gasteiger partial charge in [0.05, 0.1) is 15.7 Å². The largest absolute Gasteiger partial charge is 0.347 e. The molecule has 5 heteroatoms. The van der Waals surface area contributed by atoms with Gasteiger partial charge in [-0.2, -0.15) is 0 Å². The number of rotatable bonds is 2. The molecular weight excluding hydrogens is 282 g/mol. The summed E-state index contributed by atoms with van der Waals surface area (Å²) in [6.45, 7) is 4.60. The van der Waals surface area contributed by atoms with Crippen molar-refractivity contribution in [3.8, 4) is 0 Å². The highest BCUT2D eigenvalue weighted by atomic mass is 32.1. The van der Waals surface area contributed by atoms with Gasteiger partial charge in [0.1, 0.15) is 0 Å². The van der Waals surface area contributed by atoms with Crippen LogP contribution in [0.4, 0.5) is 0 Å². The number of nitrogens with one attached hydrogen (secondary N) is 1. The van der Waals surface area contributed by atoms with Gasteiger partial charge in [0.2, 0.25) is 0 Å². The van der Waals surface area contributed by atoms with E-state index in [0.29, 0.717) is 12.0 Å². The van der Waals surface area contributed by atoms with Gasteiger partial charge in [0.25, 0.3) is 5.91 Å². The number of amides is 1. The van der Waals surface area contributed by atoms with Crippen LogP contribution >= 0.6 is 11.3 Å². The van der Waals surface area contributed by atoms with Crippen molar-refractivity contribution in [2.24, 2.45) is 5.92 Å². The van der Waals surface area contributed by atoms with Crippen molar-refractivity contribution < 1.29 is 4.79 Å². The fourth-order valence-electron chi connectivity index (χ4n) is 3.78. The normalized spacial score (nSPS) is 31.5. The Hall–Kier alpha value is -1.46. The number of carbonyl (C=O) groups excluding carboxylic acids is 1. The fourth-order valence-corrected chi connectivity index (χ4v) is 4.44. The number of hydrogen-bond donors (Lipinski definition) is 1. The molecule has 3 saturated heterocycles. The Balaban J connectivity index is 1.54. The van der Waals surface area contributed by atoms with Crippen molar-refractivity contribution >= 4 is 27.5 Å². The second kappa shape index (κ2) is 5.07. The van der Waals surface area contributed by atoms with Crippen molar-refractivity contribution in [1.29, 1.82) is 0 Å². The molecule has 2 bridgehead atoms. The number of aromatic nitrogens is 1. The van der Waals surface area contributed by atoms with Gasteiger partial charge in [-0.25, -0.2) is 4.98 Å². The summed E-state index contributed by atoms with van der Waals surface area (Å²) in [5, 5.41) is 3.27. The molecule has 1 amide bonds. The Labute approximate surface area is 128 Å². The van der Waals surface area contributed by atoms with Crippen LogP contribution in [0.2, 0.25) is 0 Å². The van der Waals surface area contributed by atoms with E-state index in [0.717, 1.165) is 15.8 Å². The van der Waals surface area contributed by atoms with Crippen LogP contribution in [-0.2, 0) is 0 Å². The van der Waals surface area contributed by atoms with E-state index in [4.69, 9.17) is 0 Å². The van der Waals surface area contributed by atoms with Crippen LogP contribution in [-0.4, -0.2) is 41.0 Å². The lowest BCUT2D eigenvalue weighted by atomic mass is 9.79. The molecule has 3 fully saturated rings. The summed E-state index contributed by atoms with van der Waals surface area (Å²) in [7, 11) is 0. The maximum atomic E-state index is 12.5. The summed E-state index contributed by atoms with van der Waals surface area (Å²) >= 11 is 1.60. The van der Waals surface area contributed by atoms with Gasteiger partial charge in [-0.15, -0.1) is 11.3 Å². The van der Waals surface area contributed by atoms with Crippen LogP contribution in [0.5, 0.6) is 0 Å². The lowest BCUT2D eigenvalue weighted by Gasteiger charge is -2.49. The third-order valence-electron chi connectivity index (χ3n) is 5.07. The maximum absolute atomic E-state index is 12.5. The van der Waals surface area contributed by atoms with Crippen molar-refractivity contribution in [3.05, 3.63) is 29.3 Å². The molecule has 0 aliphatic carbocycles. The first kappa shape index (κ1) is 13.2. The van der Waals surface area contributed by atoms with E-state index in [9.17, 15) is 4.79 Å². The minimum Gasteiger partial charge on any atom is -0.347 e. The summed E-state index contributed by atoms with van der Waals surface area (Å²) in [5.74, 6) is 0.674. The van der Waals surface area contributed by atoms with Crippen LogP contribution in [0.25, 0.3) is 10.2 Å². The first-order valence-electron chi connectivity index (χ1n) is 7.60. The number of carbonyl (C=O) groups is 1. The first-order valence-corrected chi connectivity index (χ1v) is 8.48. The monoisotopic (exact) mass is 301 g/mol. The van der Waals surface area contributed by atoms with Crippen LogP contribution < -0.4 is 5.32 Å². The lowest BCUT2D eigenvalue weighted by molar-refractivity contribution is 0.0217. The molecule has 0 spiro atoms. The van der Waals surface area contributed by atoms with Gasteiger partial charge in [0.15, 0.2) is 0 Å². The summed E-state index contributed by atoms with van der Waals surface area (Å²) in [5.41, 5.74) is 3.45. The molecule has 1 N–H and O–H groups in total. The van der Waals surface area contributed by atoms with Gasteiger partial charge in [-0.3, -0.25) is 9.69 Å². The molecule has 1 aromatic heterocycles. The molecule has 0 saturated carbocycles. The number of benzene rings is 1. The molecule has 1 aromatic carbocycles. The molecule has 3 aliphatic heterocycles. The molecular formula is C16H19N3OS. The Morgan fingerprint density at radius 1 is 1.38 bits per heavy atom. The van der Waals surface area contributed by atoms with Crippen LogP contribution in [0, 0.1) is 5.92 Å². The van der Waals surface area contributed by atoms with Gasteiger partial charge in [0, 0.05) is 17.6 Å². The molecule has 4 nitrogen and oxygen atoms in total. The van der Waals surface area contributed by atoms with Crippen molar-refractivity contribution in [1.82, 2.24) is 15.2 Å². The molecule has 21 heavy (non-hydrogen) atoms. The predicted molar refractivity (Wildman–Crippen MR) is 84.6 cm³/mol. The van der Waals surface area contributed by atoms with Gasteiger partial charge >= 0.3 is 0 Å². The van der Waals surface area contributed by atoms with Gasteiger partial charge in [-0.1, -0.05) is 0 Å². The highest BCUT2D eigenvalue weighted by Crippen LogP contribution is 2.32. The van der Waals surface area contributed by atoms with E-state index in [1.807, 2.05) is 23.7 Å². The zero-order chi connectivity index (χ0) is 14.4. The average Bonchev–Trinajstić information content (AvgIpc) is 2.98. The zero-order valence-electron chi connectivity index (χ0n) is 12.1. The minimum atomic E-state index is 0.0375. The Kier molecular flexibility index (Phi) is 3.19. The van der Waals surface area contributed by atoms with Crippen LogP contribution in [0.15, 0.2) is 23.7 Å². The van der Waals surface area contributed by atoms with E-state index < -0.39 is 0 Å². The van der Waals surface area contributed by atoms with Gasteiger partial charge in [-0.05, 0) is 57.0 Å². The fraction of sp³-hybridized carbons (Fsp3) is 0.500. The van der Waals surface area contributed by atoms with Crippen molar-refractivity contribution in [2.75, 3.05) is 13.1 Å². The predicted octanol–water partition coefficient (Wildman–Crippen LogP) is 2.51. The Morgan fingerprint density at radius 2 is 2.19 bits per heavy atom. The van der Waals surface area contributed by atoms with E-state index in [-0.39, 0.29) is 11.9 Å². The topological polar surface area (TPSA) is 45.2 Å². The summed E-state index contributed by atoms with van der Waals surface area (Å²) in [6.07, 6.45) is 2.42. The third-order valence-corrected chi connectivity index (χ3v) is 5.88. The maximum Gasteiger partial charge on any atom is 0.251 e. The van der Waals surface area contributed by atoms with E-state index >= 15 is 0 Å². The zero-order valence-corrected chi connectivity index (χ0v) is 12.9.